The molecule has 0 aromatic heterocycles. The standard InChI is InChI=1S/C20H22N2O/c1-14(2)16-10-8-15(9-11-16)13-21-22-20(23)19-12-18(19)17-6-4-3-5-7-17/h3-11,13-14,18-19H,12H2,1-2H3,(H,22,23)/b21-13-/t18-,19-/m0/s1. The predicted molar refractivity (Wildman–Crippen MR) is 93.6 cm³/mol. The van der Waals surface area contributed by atoms with E-state index in [1.54, 1.807) is 6.21 Å². The molecule has 2 atom stereocenters. The van der Waals surface area contributed by atoms with Crippen LogP contribution >= 0.6 is 0 Å². The second kappa shape index (κ2) is 6.78. The van der Waals surface area contributed by atoms with Crippen molar-refractivity contribution in [3.63, 3.8) is 0 Å². The second-order valence-electron chi connectivity index (χ2n) is 6.41. The molecular formula is C20H22N2O. The summed E-state index contributed by atoms with van der Waals surface area (Å²) in [5, 5.41) is 4.08. The van der Waals surface area contributed by atoms with Crippen molar-refractivity contribution < 1.29 is 4.79 Å². The first-order chi connectivity index (χ1) is 11.1. The van der Waals surface area contributed by atoms with Gasteiger partial charge in [0.15, 0.2) is 0 Å². The van der Waals surface area contributed by atoms with Gasteiger partial charge in [-0.25, -0.2) is 5.43 Å². The van der Waals surface area contributed by atoms with Crippen LogP contribution in [0.4, 0.5) is 0 Å². The number of hydrogen-bond donors (Lipinski definition) is 1. The van der Waals surface area contributed by atoms with Crippen LogP contribution in [0.2, 0.25) is 0 Å². The number of carbonyl (C=O) groups excluding carboxylic acids is 1. The molecule has 3 rings (SSSR count). The Morgan fingerprint density at radius 3 is 2.48 bits per heavy atom. The van der Waals surface area contributed by atoms with Gasteiger partial charge in [0, 0.05) is 5.92 Å². The zero-order valence-corrected chi connectivity index (χ0v) is 13.6. The average molecular weight is 306 g/mol. The van der Waals surface area contributed by atoms with Crippen molar-refractivity contribution in [3.05, 3.63) is 71.3 Å². The lowest BCUT2D eigenvalue weighted by Crippen LogP contribution is -2.20. The predicted octanol–water partition coefficient (Wildman–Crippen LogP) is 4.06. The summed E-state index contributed by atoms with van der Waals surface area (Å²) in [6.07, 6.45) is 2.61. The van der Waals surface area contributed by atoms with Crippen LogP contribution in [0.25, 0.3) is 0 Å². The fourth-order valence-electron chi connectivity index (χ4n) is 2.77. The Bertz CT molecular complexity index is 689. The van der Waals surface area contributed by atoms with Gasteiger partial charge in [-0.3, -0.25) is 4.79 Å². The fraction of sp³-hybridized carbons (Fsp3) is 0.300. The second-order valence-corrected chi connectivity index (χ2v) is 6.41. The molecule has 0 bridgehead atoms. The van der Waals surface area contributed by atoms with E-state index in [9.17, 15) is 4.79 Å². The highest BCUT2D eigenvalue weighted by Crippen LogP contribution is 2.47. The molecular weight excluding hydrogens is 284 g/mol. The molecule has 0 spiro atoms. The molecule has 0 heterocycles. The third-order valence-corrected chi connectivity index (χ3v) is 4.35. The van der Waals surface area contributed by atoms with Crippen LogP contribution < -0.4 is 5.43 Å². The Kier molecular flexibility index (Phi) is 4.56. The van der Waals surface area contributed by atoms with Crippen molar-refractivity contribution in [3.8, 4) is 0 Å². The lowest BCUT2D eigenvalue weighted by molar-refractivity contribution is -0.122. The maximum absolute atomic E-state index is 12.1. The van der Waals surface area contributed by atoms with Gasteiger partial charge in [0.05, 0.1) is 6.21 Å². The lowest BCUT2D eigenvalue weighted by Gasteiger charge is -2.04. The summed E-state index contributed by atoms with van der Waals surface area (Å²) in [5.74, 6) is 0.925. The molecule has 0 aliphatic heterocycles. The SMILES string of the molecule is CC(C)c1ccc(/C=N\NC(=O)[C@H]2C[C@H]2c2ccccc2)cc1. The van der Waals surface area contributed by atoms with E-state index in [1.807, 2.05) is 30.3 Å². The van der Waals surface area contributed by atoms with Crippen LogP contribution in [0.15, 0.2) is 59.7 Å². The van der Waals surface area contributed by atoms with Gasteiger partial charge in [0.25, 0.3) is 0 Å². The minimum absolute atomic E-state index is 0.00824. The molecule has 1 fully saturated rings. The van der Waals surface area contributed by atoms with Crippen LogP contribution in [0.5, 0.6) is 0 Å². The molecule has 1 saturated carbocycles. The molecule has 1 aliphatic rings. The van der Waals surface area contributed by atoms with Crippen LogP contribution in [-0.2, 0) is 4.79 Å². The van der Waals surface area contributed by atoms with Gasteiger partial charge < -0.3 is 0 Å². The van der Waals surface area contributed by atoms with Gasteiger partial charge in [0.2, 0.25) is 5.91 Å². The van der Waals surface area contributed by atoms with E-state index in [1.165, 1.54) is 11.1 Å². The lowest BCUT2D eigenvalue weighted by atomic mass is 10.0. The number of carbonyl (C=O) groups is 1. The summed E-state index contributed by atoms with van der Waals surface area (Å²) in [7, 11) is 0. The normalized spacial score (nSPS) is 20.0. The molecule has 1 aliphatic carbocycles. The molecule has 3 nitrogen and oxygen atoms in total. The average Bonchev–Trinajstić information content (AvgIpc) is 3.37. The monoisotopic (exact) mass is 306 g/mol. The van der Waals surface area contributed by atoms with E-state index in [0.717, 1.165) is 12.0 Å². The first-order valence-corrected chi connectivity index (χ1v) is 8.13. The van der Waals surface area contributed by atoms with E-state index in [4.69, 9.17) is 0 Å². The first-order valence-electron chi connectivity index (χ1n) is 8.13. The van der Waals surface area contributed by atoms with E-state index in [2.05, 4.69) is 48.6 Å². The van der Waals surface area contributed by atoms with E-state index in [0.29, 0.717) is 11.8 Å². The molecule has 2 aromatic carbocycles. The van der Waals surface area contributed by atoms with Crippen LogP contribution in [0, 0.1) is 5.92 Å². The largest absolute Gasteiger partial charge is 0.273 e. The molecule has 1 N–H and O–H groups in total. The van der Waals surface area contributed by atoms with Gasteiger partial charge >= 0.3 is 0 Å². The van der Waals surface area contributed by atoms with Crippen molar-refractivity contribution in [1.29, 1.82) is 0 Å². The van der Waals surface area contributed by atoms with E-state index >= 15 is 0 Å². The summed E-state index contributed by atoms with van der Waals surface area (Å²) >= 11 is 0. The molecule has 0 unspecified atom stereocenters. The number of rotatable bonds is 5. The summed E-state index contributed by atoms with van der Waals surface area (Å²) in [5.41, 5.74) is 6.19. The minimum atomic E-state index is 0.00824. The van der Waals surface area contributed by atoms with Gasteiger partial charge in [0.1, 0.15) is 0 Å². The molecule has 2 aromatic rings. The van der Waals surface area contributed by atoms with Crippen LogP contribution in [0.3, 0.4) is 0 Å². The third kappa shape index (κ3) is 3.86. The van der Waals surface area contributed by atoms with Crippen molar-refractivity contribution in [2.75, 3.05) is 0 Å². The molecule has 23 heavy (non-hydrogen) atoms. The molecule has 118 valence electrons. The third-order valence-electron chi connectivity index (χ3n) is 4.35. The number of nitrogens with zero attached hydrogens (tertiary/aromatic N) is 1. The fourth-order valence-corrected chi connectivity index (χ4v) is 2.77. The van der Waals surface area contributed by atoms with Crippen molar-refractivity contribution >= 4 is 12.1 Å². The summed E-state index contributed by atoms with van der Waals surface area (Å²) in [6, 6.07) is 18.4. The number of nitrogens with one attached hydrogen (secondary N) is 1. The number of benzene rings is 2. The number of hydrogen-bond acceptors (Lipinski definition) is 2. The quantitative estimate of drug-likeness (QED) is 0.657. The highest BCUT2D eigenvalue weighted by atomic mass is 16.2. The Hall–Kier alpha value is -2.42. The highest BCUT2D eigenvalue weighted by molar-refractivity contribution is 5.85. The van der Waals surface area contributed by atoms with Gasteiger partial charge in [-0.1, -0.05) is 68.4 Å². The number of hydrazone groups is 1. The number of amides is 1. The Balaban J connectivity index is 1.51. The van der Waals surface area contributed by atoms with Crippen LogP contribution in [-0.4, -0.2) is 12.1 Å². The Morgan fingerprint density at radius 2 is 1.83 bits per heavy atom. The summed E-state index contributed by atoms with van der Waals surface area (Å²) in [4.78, 5) is 12.1. The zero-order chi connectivity index (χ0) is 16.2. The smallest absolute Gasteiger partial charge is 0.243 e. The van der Waals surface area contributed by atoms with Crippen molar-refractivity contribution in [1.82, 2.24) is 5.43 Å². The van der Waals surface area contributed by atoms with E-state index < -0.39 is 0 Å². The van der Waals surface area contributed by atoms with Crippen molar-refractivity contribution in [2.24, 2.45) is 11.0 Å². The van der Waals surface area contributed by atoms with Crippen LogP contribution in [0.1, 0.15) is 48.8 Å². The van der Waals surface area contributed by atoms with Gasteiger partial charge in [-0.2, -0.15) is 5.10 Å². The molecule has 3 heteroatoms. The highest BCUT2D eigenvalue weighted by Gasteiger charge is 2.43. The van der Waals surface area contributed by atoms with E-state index in [-0.39, 0.29) is 11.8 Å². The van der Waals surface area contributed by atoms with Gasteiger partial charge in [-0.15, -0.1) is 0 Å². The Labute approximate surface area is 137 Å². The van der Waals surface area contributed by atoms with Crippen molar-refractivity contribution in [2.45, 2.75) is 32.1 Å². The summed E-state index contributed by atoms with van der Waals surface area (Å²) < 4.78 is 0. The Morgan fingerprint density at radius 1 is 1.13 bits per heavy atom. The maximum atomic E-state index is 12.1. The molecule has 0 radical (unpaired) electrons. The zero-order valence-electron chi connectivity index (χ0n) is 13.6. The van der Waals surface area contributed by atoms with Gasteiger partial charge in [-0.05, 0) is 34.9 Å². The topological polar surface area (TPSA) is 41.5 Å². The minimum Gasteiger partial charge on any atom is -0.273 e. The first kappa shape index (κ1) is 15.5. The molecule has 0 saturated heterocycles. The maximum Gasteiger partial charge on any atom is 0.243 e. The molecule has 1 amide bonds. The summed E-state index contributed by atoms with van der Waals surface area (Å²) in [6.45, 7) is 4.34.